The Labute approximate surface area is 109 Å². The minimum absolute atomic E-state index is 0.0151. The molecule has 0 bridgehead atoms. The minimum atomic E-state index is -0.931. The first-order valence-electron chi connectivity index (χ1n) is 5.92. The van der Waals surface area contributed by atoms with Gasteiger partial charge in [-0.3, -0.25) is 9.59 Å². The van der Waals surface area contributed by atoms with E-state index in [2.05, 4.69) is 5.32 Å². The molecular formula is C13H15F2NO3. The summed E-state index contributed by atoms with van der Waals surface area (Å²) in [6, 6.07) is 3.83. The van der Waals surface area contributed by atoms with Gasteiger partial charge in [-0.15, -0.1) is 0 Å². The second-order valence-corrected chi connectivity index (χ2v) is 4.06. The van der Waals surface area contributed by atoms with Crippen molar-refractivity contribution in [3.63, 3.8) is 0 Å². The van der Waals surface area contributed by atoms with E-state index in [4.69, 9.17) is 5.11 Å². The Kier molecular flexibility index (Phi) is 5.92. The molecule has 104 valence electrons. The van der Waals surface area contributed by atoms with Gasteiger partial charge in [-0.1, -0.05) is 12.1 Å². The lowest BCUT2D eigenvalue weighted by molar-refractivity contribution is -0.137. The van der Waals surface area contributed by atoms with Crippen molar-refractivity contribution in [1.82, 2.24) is 5.32 Å². The van der Waals surface area contributed by atoms with Crippen LogP contribution in [-0.2, 0) is 16.0 Å². The standard InChI is InChI=1S/C13H15F2NO3/c14-10-4-1-3-9(13(10)15)6-7-11(17)16-8-2-5-12(18)19/h1,3-4H,2,5-8H2,(H,16,17)(H,18,19). The van der Waals surface area contributed by atoms with E-state index in [1.165, 1.54) is 12.1 Å². The van der Waals surface area contributed by atoms with Crippen molar-refractivity contribution in [2.24, 2.45) is 0 Å². The number of carbonyl (C=O) groups is 2. The maximum atomic E-state index is 13.3. The number of nitrogens with one attached hydrogen (secondary N) is 1. The molecule has 0 saturated carbocycles. The summed E-state index contributed by atoms with van der Waals surface area (Å²) in [4.78, 5) is 21.6. The highest BCUT2D eigenvalue weighted by molar-refractivity contribution is 5.76. The van der Waals surface area contributed by atoms with Gasteiger partial charge in [0.15, 0.2) is 11.6 Å². The summed E-state index contributed by atoms with van der Waals surface area (Å²) in [5.41, 5.74) is 0.153. The second-order valence-electron chi connectivity index (χ2n) is 4.06. The molecule has 0 aliphatic heterocycles. The molecule has 0 saturated heterocycles. The Morgan fingerprint density at radius 1 is 1.21 bits per heavy atom. The summed E-state index contributed by atoms with van der Waals surface area (Å²) in [5.74, 6) is -3.09. The highest BCUT2D eigenvalue weighted by Gasteiger charge is 2.09. The summed E-state index contributed by atoms with van der Waals surface area (Å²) >= 11 is 0. The molecule has 0 spiro atoms. The summed E-state index contributed by atoms with van der Waals surface area (Å²) in [7, 11) is 0. The third-order valence-electron chi connectivity index (χ3n) is 2.54. The minimum Gasteiger partial charge on any atom is -0.481 e. The first kappa shape index (κ1) is 15.1. The molecule has 0 aliphatic carbocycles. The lowest BCUT2D eigenvalue weighted by Gasteiger charge is -2.05. The molecule has 1 aromatic rings. The van der Waals surface area contributed by atoms with Crippen molar-refractivity contribution in [1.29, 1.82) is 0 Å². The number of hydrogen-bond acceptors (Lipinski definition) is 2. The van der Waals surface area contributed by atoms with E-state index >= 15 is 0 Å². The monoisotopic (exact) mass is 271 g/mol. The largest absolute Gasteiger partial charge is 0.481 e. The van der Waals surface area contributed by atoms with Gasteiger partial charge in [0.1, 0.15) is 0 Å². The number of carbonyl (C=O) groups excluding carboxylic acids is 1. The number of hydrogen-bond donors (Lipinski definition) is 2. The van der Waals surface area contributed by atoms with Crippen LogP contribution in [0.1, 0.15) is 24.8 Å². The summed E-state index contributed by atoms with van der Waals surface area (Å²) in [6.07, 6.45) is 0.468. The first-order chi connectivity index (χ1) is 9.00. The molecule has 2 N–H and O–H groups in total. The zero-order valence-corrected chi connectivity index (χ0v) is 10.3. The van der Waals surface area contributed by atoms with Crippen molar-refractivity contribution < 1.29 is 23.5 Å². The highest BCUT2D eigenvalue weighted by Crippen LogP contribution is 2.12. The van der Waals surface area contributed by atoms with Crippen molar-refractivity contribution in [2.75, 3.05) is 6.54 Å². The number of aryl methyl sites for hydroxylation is 1. The summed E-state index contributed by atoms with van der Waals surface area (Å²) in [6.45, 7) is 0.261. The molecule has 0 aromatic heterocycles. The third kappa shape index (κ3) is 5.46. The van der Waals surface area contributed by atoms with E-state index in [1.807, 2.05) is 0 Å². The molecule has 4 nitrogen and oxygen atoms in total. The fourth-order valence-electron chi connectivity index (χ4n) is 1.55. The van der Waals surface area contributed by atoms with Gasteiger partial charge >= 0.3 is 5.97 Å². The van der Waals surface area contributed by atoms with Crippen LogP contribution in [0.5, 0.6) is 0 Å². The first-order valence-corrected chi connectivity index (χ1v) is 5.92. The Morgan fingerprint density at radius 2 is 1.95 bits per heavy atom. The number of benzene rings is 1. The van der Waals surface area contributed by atoms with E-state index in [9.17, 15) is 18.4 Å². The molecule has 0 aliphatic rings. The van der Waals surface area contributed by atoms with Crippen LogP contribution < -0.4 is 5.32 Å². The van der Waals surface area contributed by atoms with Crippen LogP contribution in [0, 0.1) is 11.6 Å². The fraction of sp³-hybridized carbons (Fsp3) is 0.385. The van der Waals surface area contributed by atoms with Gasteiger partial charge in [0, 0.05) is 19.4 Å². The Balaban J connectivity index is 2.30. The van der Waals surface area contributed by atoms with E-state index in [1.54, 1.807) is 0 Å². The predicted molar refractivity (Wildman–Crippen MR) is 64.6 cm³/mol. The van der Waals surface area contributed by atoms with E-state index in [0.717, 1.165) is 6.07 Å². The number of carboxylic acids is 1. The van der Waals surface area contributed by atoms with Gasteiger partial charge in [0.25, 0.3) is 0 Å². The summed E-state index contributed by atoms with van der Waals surface area (Å²) < 4.78 is 26.2. The van der Waals surface area contributed by atoms with E-state index < -0.39 is 17.6 Å². The van der Waals surface area contributed by atoms with Crippen molar-refractivity contribution >= 4 is 11.9 Å². The van der Waals surface area contributed by atoms with Crippen LogP contribution in [0.2, 0.25) is 0 Å². The number of aliphatic carboxylic acids is 1. The SMILES string of the molecule is O=C(O)CCCNC(=O)CCc1cccc(F)c1F. The quantitative estimate of drug-likeness (QED) is 0.744. The van der Waals surface area contributed by atoms with Crippen molar-refractivity contribution in [2.45, 2.75) is 25.7 Å². The molecule has 0 heterocycles. The van der Waals surface area contributed by atoms with Gasteiger partial charge in [0.05, 0.1) is 0 Å². The number of amides is 1. The van der Waals surface area contributed by atoms with Crippen LogP contribution >= 0.6 is 0 Å². The van der Waals surface area contributed by atoms with Gasteiger partial charge < -0.3 is 10.4 Å². The zero-order valence-electron chi connectivity index (χ0n) is 10.3. The van der Waals surface area contributed by atoms with Gasteiger partial charge in [-0.05, 0) is 24.5 Å². The average molecular weight is 271 g/mol. The Morgan fingerprint density at radius 3 is 2.63 bits per heavy atom. The van der Waals surface area contributed by atoms with Gasteiger partial charge in [-0.25, -0.2) is 8.78 Å². The molecule has 0 unspecified atom stereocenters. The maximum absolute atomic E-state index is 13.3. The molecule has 1 rings (SSSR count). The van der Waals surface area contributed by atoms with Crippen LogP contribution in [0.4, 0.5) is 8.78 Å². The maximum Gasteiger partial charge on any atom is 0.303 e. The zero-order chi connectivity index (χ0) is 14.3. The second kappa shape index (κ2) is 7.45. The normalized spacial score (nSPS) is 10.2. The Hall–Kier alpha value is -1.98. The van der Waals surface area contributed by atoms with Crippen molar-refractivity contribution in [3.8, 4) is 0 Å². The number of rotatable bonds is 7. The topological polar surface area (TPSA) is 66.4 Å². The number of halogens is 2. The van der Waals surface area contributed by atoms with Crippen molar-refractivity contribution in [3.05, 3.63) is 35.4 Å². The van der Waals surface area contributed by atoms with E-state index in [0.29, 0.717) is 6.42 Å². The van der Waals surface area contributed by atoms with Crippen LogP contribution in [0.25, 0.3) is 0 Å². The molecule has 1 amide bonds. The fourth-order valence-corrected chi connectivity index (χ4v) is 1.55. The highest BCUT2D eigenvalue weighted by atomic mass is 19.2. The molecule has 0 atom stereocenters. The molecule has 0 radical (unpaired) electrons. The van der Waals surface area contributed by atoms with Crippen LogP contribution in [-0.4, -0.2) is 23.5 Å². The summed E-state index contributed by atoms with van der Waals surface area (Å²) in [5, 5.41) is 10.9. The lowest BCUT2D eigenvalue weighted by Crippen LogP contribution is -2.25. The average Bonchev–Trinajstić information content (AvgIpc) is 2.36. The molecular weight excluding hydrogens is 256 g/mol. The molecule has 19 heavy (non-hydrogen) atoms. The number of carboxylic acid groups (broad SMARTS) is 1. The van der Waals surface area contributed by atoms with E-state index in [-0.39, 0.29) is 37.3 Å². The molecule has 6 heteroatoms. The van der Waals surface area contributed by atoms with Gasteiger partial charge in [0.2, 0.25) is 5.91 Å². The predicted octanol–water partition coefficient (Wildman–Crippen LogP) is 1.88. The van der Waals surface area contributed by atoms with Gasteiger partial charge in [-0.2, -0.15) is 0 Å². The van der Waals surface area contributed by atoms with Crippen LogP contribution in [0.3, 0.4) is 0 Å². The Bertz CT molecular complexity index is 463. The molecule has 0 fully saturated rings. The molecule has 1 aromatic carbocycles. The van der Waals surface area contributed by atoms with Crippen LogP contribution in [0.15, 0.2) is 18.2 Å². The third-order valence-corrected chi connectivity index (χ3v) is 2.54. The smallest absolute Gasteiger partial charge is 0.303 e. The lowest BCUT2D eigenvalue weighted by atomic mass is 10.1.